The topological polar surface area (TPSA) is 24.9 Å². The van der Waals surface area contributed by atoms with Gasteiger partial charge in [-0.2, -0.15) is 0 Å². The van der Waals surface area contributed by atoms with Gasteiger partial charge in [0.2, 0.25) is 0 Å². The molecule has 2 nitrogen and oxygen atoms in total. The Hall–Kier alpha value is -0.600. The number of hydrogen-bond acceptors (Lipinski definition) is 2. The van der Waals surface area contributed by atoms with E-state index in [4.69, 9.17) is 11.6 Å². The maximum absolute atomic E-state index is 6.08. The molecule has 0 saturated carbocycles. The zero-order valence-electron chi connectivity index (χ0n) is 7.46. The second kappa shape index (κ2) is 4.07. The van der Waals surface area contributed by atoms with E-state index in [2.05, 4.69) is 10.3 Å². The van der Waals surface area contributed by atoms with Gasteiger partial charge in [0, 0.05) is 29.0 Å². The van der Waals surface area contributed by atoms with Gasteiger partial charge < -0.3 is 5.32 Å². The van der Waals surface area contributed by atoms with Gasteiger partial charge in [-0.3, -0.25) is 4.98 Å². The number of halogens is 1. The standard InChI is InChI=1S/C10H13ClN2/c11-9-4-6-12-7-8(9)10-3-1-2-5-13-10/h4,6-7,10,13H,1-3,5H2/t10-/m0/s1. The first-order valence-corrected chi connectivity index (χ1v) is 5.08. The van der Waals surface area contributed by atoms with Crippen molar-refractivity contribution in [2.24, 2.45) is 0 Å². The number of hydrogen-bond donors (Lipinski definition) is 1. The van der Waals surface area contributed by atoms with Crippen LogP contribution in [0.4, 0.5) is 0 Å². The Bertz CT molecular complexity index is 282. The van der Waals surface area contributed by atoms with Crippen molar-refractivity contribution >= 4 is 11.6 Å². The van der Waals surface area contributed by atoms with Crippen molar-refractivity contribution in [1.82, 2.24) is 10.3 Å². The Balaban J connectivity index is 2.18. The largest absolute Gasteiger partial charge is 0.310 e. The first-order valence-electron chi connectivity index (χ1n) is 4.71. The Morgan fingerprint density at radius 2 is 2.38 bits per heavy atom. The van der Waals surface area contributed by atoms with Crippen LogP contribution in [-0.2, 0) is 0 Å². The third-order valence-corrected chi connectivity index (χ3v) is 2.83. The molecule has 1 N–H and O–H groups in total. The van der Waals surface area contributed by atoms with Gasteiger partial charge in [-0.15, -0.1) is 0 Å². The first-order chi connectivity index (χ1) is 6.38. The van der Waals surface area contributed by atoms with Gasteiger partial charge in [-0.05, 0) is 25.5 Å². The molecule has 3 heteroatoms. The summed E-state index contributed by atoms with van der Waals surface area (Å²) in [6, 6.07) is 2.27. The molecule has 70 valence electrons. The molecular formula is C10H13ClN2. The van der Waals surface area contributed by atoms with E-state index in [0.29, 0.717) is 6.04 Å². The van der Waals surface area contributed by atoms with Crippen molar-refractivity contribution in [3.63, 3.8) is 0 Å². The summed E-state index contributed by atoms with van der Waals surface area (Å²) in [5, 5.41) is 4.28. The van der Waals surface area contributed by atoms with Crippen molar-refractivity contribution in [1.29, 1.82) is 0 Å². The van der Waals surface area contributed by atoms with Crippen molar-refractivity contribution in [3.8, 4) is 0 Å². The predicted octanol–water partition coefficient (Wildman–Crippen LogP) is 2.55. The van der Waals surface area contributed by atoms with Gasteiger partial charge in [0.05, 0.1) is 0 Å². The summed E-state index contributed by atoms with van der Waals surface area (Å²) >= 11 is 6.08. The van der Waals surface area contributed by atoms with Crippen molar-refractivity contribution in [3.05, 3.63) is 29.0 Å². The van der Waals surface area contributed by atoms with Crippen LogP contribution in [-0.4, -0.2) is 11.5 Å². The normalized spacial score (nSPS) is 23.0. The molecule has 0 spiro atoms. The lowest BCUT2D eigenvalue weighted by atomic mass is 9.99. The minimum Gasteiger partial charge on any atom is -0.310 e. The van der Waals surface area contributed by atoms with E-state index in [0.717, 1.165) is 17.1 Å². The van der Waals surface area contributed by atoms with Gasteiger partial charge in [0.25, 0.3) is 0 Å². The van der Waals surface area contributed by atoms with Gasteiger partial charge in [0.1, 0.15) is 0 Å². The SMILES string of the molecule is Clc1ccncc1[C@@H]1CCCCN1. The minimum atomic E-state index is 0.412. The van der Waals surface area contributed by atoms with E-state index in [1.807, 2.05) is 12.3 Å². The zero-order chi connectivity index (χ0) is 9.10. The molecule has 0 amide bonds. The Morgan fingerprint density at radius 3 is 3.08 bits per heavy atom. The maximum Gasteiger partial charge on any atom is 0.0484 e. The Kier molecular flexibility index (Phi) is 2.81. The third-order valence-electron chi connectivity index (χ3n) is 2.48. The molecular weight excluding hydrogens is 184 g/mol. The van der Waals surface area contributed by atoms with Crippen LogP contribution in [0.5, 0.6) is 0 Å². The van der Waals surface area contributed by atoms with Gasteiger partial charge in [-0.25, -0.2) is 0 Å². The van der Waals surface area contributed by atoms with Crippen LogP contribution in [0.25, 0.3) is 0 Å². The highest BCUT2D eigenvalue weighted by Gasteiger charge is 2.16. The molecule has 0 aliphatic carbocycles. The Morgan fingerprint density at radius 1 is 1.46 bits per heavy atom. The quantitative estimate of drug-likeness (QED) is 0.747. The highest BCUT2D eigenvalue weighted by atomic mass is 35.5. The van der Waals surface area contributed by atoms with Crippen LogP contribution in [0.15, 0.2) is 18.5 Å². The molecule has 1 aliphatic heterocycles. The molecule has 2 rings (SSSR count). The summed E-state index contributed by atoms with van der Waals surface area (Å²) < 4.78 is 0. The van der Waals surface area contributed by atoms with Gasteiger partial charge in [-0.1, -0.05) is 18.0 Å². The van der Waals surface area contributed by atoms with Crippen molar-refractivity contribution < 1.29 is 0 Å². The fourth-order valence-corrected chi connectivity index (χ4v) is 2.00. The van der Waals surface area contributed by atoms with Crippen molar-refractivity contribution in [2.45, 2.75) is 25.3 Å². The molecule has 1 fully saturated rings. The van der Waals surface area contributed by atoms with E-state index in [1.165, 1.54) is 19.3 Å². The van der Waals surface area contributed by atoms with Crippen LogP contribution < -0.4 is 5.32 Å². The monoisotopic (exact) mass is 196 g/mol. The lowest BCUT2D eigenvalue weighted by Gasteiger charge is -2.24. The number of nitrogens with one attached hydrogen (secondary N) is 1. The van der Waals surface area contributed by atoms with Crippen molar-refractivity contribution in [2.75, 3.05) is 6.54 Å². The van der Waals surface area contributed by atoms with E-state index in [9.17, 15) is 0 Å². The number of pyridine rings is 1. The van der Waals surface area contributed by atoms with E-state index in [1.54, 1.807) is 6.20 Å². The third kappa shape index (κ3) is 2.01. The summed E-state index contributed by atoms with van der Waals surface area (Å²) in [6.07, 6.45) is 7.32. The highest BCUT2D eigenvalue weighted by Crippen LogP contribution is 2.27. The van der Waals surface area contributed by atoms with E-state index < -0.39 is 0 Å². The second-order valence-corrected chi connectivity index (χ2v) is 3.81. The zero-order valence-corrected chi connectivity index (χ0v) is 8.22. The average Bonchev–Trinajstić information content (AvgIpc) is 2.20. The summed E-state index contributed by atoms with van der Waals surface area (Å²) in [5.74, 6) is 0. The van der Waals surface area contributed by atoms with E-state index >= 15 is 0 Å². The van der Waals surface area contributed by atoms with Gasteiger partial charge in [0.15, 0.2) is 0 Å². The number of piperidine rings is 1. The smallest absolute Gasteiger partial charge is 0.0484 e. The summed E-state index contributed by atoms with van der Waals surface area (Å²) in [5.41, 5.74) is 1.14. The number of rotatable bonds is 1. The summed E-state index contributed by atoms with van der Waals surface area (Å²) in [7, 11) is 0. The molecule has 0 bridgehead atoms. The fourth-order valence-electron chi connectivity index (χ4n) is 1.76. The number of nitrogens with zero attached hydrogens (tertiary/aromatic N) is 1. The molecule has 0 radical (unpaired) electrons. The van der Waals surface area contributed by atoms with Crippen LogP contribution in [0.2, 0.25) is 5.02 Å². The molecule has 0 aromatic carbocycles. The predicted molar refractivity (Wildman–Crippen MR) is 53.8 cm³/mol. The molecule has 1 saturated heterocycles. The van der Waals surface area contributed by atoms with Crippen LogP contribution in [0.3, 0.4) is 0 Å². The molecule has 1 aromatic heterocycles. The molecule has 0 unspecified atom stereocenters. The lowest BCUT2D eigenvalue weighted by Crippen LogP contribution is -2.27. The molecule has 1 aliphatic rings. The highest BCUT2D eigenvalue weighted by molar-refractivity contribution is 6.31. The van der Waals surface area contributed by atoms with Gasteiger partial charge >= 0.3 is 0 Å². The first kappa shape index (κ1) is 8.97. The van der Waals surface area contributed by atoms with Crippen LogP contribution in [0.1, 0.15) is 30.9 Å². The Labute approximate surface area is 83.3 Å². The average molecular weight is 197 g/mol. The lowest BCUT2D eigenvalue weighted by molar-refractivity contribution is 0.411. The second-order valence-electron chi connectivity index (χ2n) is 3.40. The summed E-state index contributed by atoms with van der Waals surface area (Å²) in [4.78, 5) is 4.10. The maximum atomic E-state index is 6.08. The molecule has 1 aromatic rings. The summed E-state index contributed by atoms with van der Waals surface area (Å²) in [6.45, 7) is 1.09. The fraction of sp³-hybridized carbons (Fsp3) is 0.500. The number of aromatic nitrogens is 1. The molecule has 13 heavy (non-hydrogen) atoms. The molecule has 1 atom stereocenters. The van der Waals surface area contributed by atoms with Crippen LogP contribution in [0, 0.1) is 0 Å². The van der Waals surface area contributed by atoms with E-state index in [-0.39, 0.29) is 0 Å². The molecule has 2 heterocycles. The minimum absolute atomic E-state index is 0.412. The van der Waals surface area contributed by atoms with Crippen LogP contribution >= 0.6 is 11.6 Å².